The Kier molecular flexibility index (Phi) is 4.52. The van der Waals surface area contributed by atoms with Gasteiger partial charge in [0.2, 0.25) is 0 Å². The molecule has 27 heavy (non-hydrogen) atoms. The van der Waals surface area contributed by atoms with Crippen molar-refractivity contribution in [2.45, 2.75) is 0 Å². The van der Waals surface area contributed by atoms with Gasteiger partial charge in [0, 0.05) is 27.1 Å². The quantitative estimate of drug-likeness (QED) is 0.284. The van der Waals surface area contributed by atoms with Crippen LogP contribution in [0.3, 0.4) is 0 Å². The van der Waals surface area contributed by atoms with Gasteiger partial charge in [-0.2, -0.15) is 0 Å². The molecule has 0 N–H and O–H groups in total. The van der Waals surface area contributed by atoms with Crippen molar-refractivity contribution in [2.24, 2.45) is 0 Å². The van der Waals surface area contributed by atoms with Gasteiger partial charge in [-0.1, -0.05) is 53.5 Å². The first-order valence-electron chi connectivity index (χ1n) is 8.13. The Hall–Kier alpha value is -2.95. The third-order valence-corrected chi connectivity index (χ3v) is 4.88. The van der Waals surface area contributed by atoms with Crippen LogP contribution in [-0.4, -0.2) is 9.91 Å². The Labute approximate surface area is 165 Å². The lowest BCUT2D eigenvalue weighted by molar-refractivity contribution is -0.384. The fourth-order valence-corrected chi connectivity index (χ4v) is 3.50. The molecular weight excluding hydrogens is 383 g/mol. The molecule has 0 amide bonds. The van der Waals surface area contributed by atoms with Crippen LogP contribution in [-0.2, 0) is 0 Å². The number of benzene rings is 3. The molecular formula is C21H12Cl2N2O2. The van der Waals surface area contributed by atoms with Gasteiger partial charge in [0.15, 0.2) is 0 Å². The Morgan fingerprint density at radius 3 is 2.26 bits per heavy atom. The molecule has 3 aromatic carbocycles. The van der Waals surface area contributed by atoms with E-state index in [4.69, 9.17) is 23.2 Å². The molecule has 6 heteroatoms. The summed E-state index contributed by atoms with van der Waals surface area (Å²) >= 11 is 12.6. The highest BCUT2D eigenvalue weighted by Gasteiger charge is 2.18. The standard InChI is InChI=1S/C21H12Cl2N2O2/c22-13-9-10-19-17(11-13)16(14-5-1-3-7-18(14)23)12-20(24-19)15-6-2-4-8-21(15)25(26)27/h1-12H. The number of hydrogen-bond acceptors (Lipinski definition) is 3. The predicted octanol–water partition coefficient (Wildman–Crippen LogP) is 6.78. The molecule has 0 aliphatic heterocycles. The van der Waals surface area contributed by atoms with Crippen LogP contribution in [0.25, 0.3) is 33.3 Å². The monoisotopic (exact) mass is 394 g/mol. The zero-order valence-electron chi connectivity index (χ0n) is 13.9. The van der Waals surface area contributed by atoms with Gasteiger partial charge >= 0.3 is 0 Å². The number of nitro benzene ring substituents is 1. The van der Waals surface area contributed by atoms with Crippen molar-refractivity contribution in [1.29, 1.82) is 0 Å². The van der Waals surface area contributed by atoms with Crippen LogP contribution in [0.15, 0.2) is 72.8 Å². The molecule has 0 fully saturated rings. The molecule has 0 saturated heterocycles. The van der Waals surface area contributed by atoms with Crippen LogP contribution in [0.1, 0.15) is 0 Å². The van der Waals surface area contributed by atoms with Crippen LogP contribution in [0.5, 0.6) is 0 Å². The number of halogens is 2. The SMILES string of the molecule is O=[N+]([O-])c1ccccc1-c1cc(-c2ccccc2Cl)c2cc(Cl)ccc2n1. The van der Waals surface area contributed by atoms with E-state index in [1.165, 1.54) is 6.07 Å². The summed E-state index contributed by atoms with van der Waals surface area (Å²) in [5.41, 5.74) is 3.28. The largest absolute Gasteiger partial charge is 0.278 e. The lowest BCUT2D eigenvalue weighted by atomic mass is 9.98. The summed E-state index contributed by atoms with van der Waals surface area (Å²) in [6.45, 7) is 0. The first-order valence-corrected chi connectivity index (χ1v) is 8.89. The fourth-order valence-electron chi connectivity index (χ4n) is 3.09. The molecule has 0 radical (unpaired) electrons. The number of nitrogens with zero attached hydrogens (tertiary/aromatic N) is 2. The van der Waals surface area contributed by atoms with Gasteiger partial charge in [-0.15, -0.1) is 0 Å². The van der Waals surface area contributed by atoms with Crippen LogP contribution >= 0.6 is 23.2 Å². The Morgan fingerprint density at radius 2 is 1.52 bits per heavy atom. The first-order chi connectivity index (χ1) is 13.0. The minimum atomic E-state index is -0.405. The molecule has 4 rings (SSSR count). The highest BCUT2D eigenvalue weighted by molar-refractivity contribution is 6.34. The summed E-state index contributed by atoms with van der Waals surface area (Å²) in [7, 11) is 0. The maximum absolute atomic E-state index is 11.5. The van der Waals surface area contributed by atoms with Crippen LogP contribution in [0, 0.1) is 10.1 Å². The van der Waals surface area contributed by atoms with Gasteiger partial charge in [0.25, 0.3) is 5.69 Å². The molecule has 1 heterocycles. The first kappa shape index (κ1) is 17.5. The van der Waals surface area contributed by atoms with E-state index in [1.807, 2.05) is 30.3 Å². The van der Waals surface area contributed by atoms with Gasteiger partial charge in [-0.3, -0.25) is 10.1 Å². The molecule has 0 aliphatic carbocycles. The molecule has 0 spiro atoms. The van der Waals surface area contributed by atoms with Crippen molar-refractivity contribution in [2.75, 3.05) is 0 Å². The zero-order chi connectivity index (χ0) is 19.0. The number of rotatable bonds is 3. The highest BCUT2D eigenvalue weighted by Crippen LogP contribution is 2.38. The number of fused-ring (bicyclic) bond motifs is 1. The van der Waals surface area contributed by atoms with E-state index in [9.17, 15) is 10.1 Å². The van der Waals surface area contributed by atoms with E-state index in [-0.39, 0.29) is 5.69 Å². The third-order valence-electron chi connectivity index (χ3n) is 4.31. The molecule has 4 nitrogen and oxygen atoms in total. The summed E-state index contributed by atoms with van der Waals surface area (Å²) < 4.78 is 0. The highest BCUT2D eigenvalue weighted by atomic mass is 35.5. The molecule has 132 valence electrons. The number of pyridine rings is 1. The van der Waals surface area contributed by atoms with Crippen molar-refractivity contribution in [3.63, 3.8) is 0 Å². The smallest absolute Gasteiger partial charge is 0.258 e. The molecule has 0 aliphatic rings. The van der Waals surface area contributed by atoms with Crippen LogP contribution in [0.4, 0.5) is 5.69 Å². The molecule has 0 saturated carbocycles. The van der Waals surface area contributed by atoms with Gasteiger partial charge in [-0.25, -0.2) is 4.98 Å². The van der Waals surface area contributed by atoms with Crippen molar-refractivity contribution < 1.29 is 4.92 Å². The van der Waals surface area contributed by atoms with Crippen LogP contribution < -0.4 is 0 Å². The summed E-state index contributed by atoms with van der Waals surface area (Å²) in [5, 5.41) is 13.4. The second-order valence-corrected chi connectivity index (χ2v) is 6.81. The van der Waals surface area contributed by atoms with E-state index in [2.05, 4.69) is 4.98 Å². The van der Waals surface area contributed by atoms with E-state index in [1.54, 1.807) is 36.4 Å². The van der Waals surface area contributed by atoms with Gasteiger partial charge in [0.05, 0.1) is 21.7 Å². The van der Waals surface area contributed by atoms with E-state index in [0.717, 1.165) is 16.5 Å². The Morgan fingerprint density at radius 1 is 0.815 bits per heavy atom. The van der Waals surface area contributed by atoms with Gasteiger partial charge in [-0.05, 0) is 42.0 Å². The summed E-state index contributed by atoms with van der Waals surface area (Å²) in [6.07, 6.45) is 0. The van der Waals surface area contributed by atoms with Crippen molar-refractivity contribution in [1.82, 2.24) is 4.98 Å². The molecule has 0 bridgehead atoms. The maximum Gasteiger partial charge on any atom is 0.278 e. The third kappa shape index (κ3) is 3.25. The topological polar surface area (TPSA) is 56.0 Å². The fraction of sp³-hybridized carbons (Fsp3) is 0. The summed E-state index contributed by atoms with van der Waals surface area (Å²) in [5.74, 6) is 0. The minimum absolute atomic E-state index is 0.00317. The molecule has 0 atom stereocenters. The maximum atomic E-state index is 11.5. The minimum Gasteiger partial charge on any atom is -0.258 e. The Bertz CT molecular complexity index is 1190. The second-order valence-electron chi connectivity index (χ2n) is 5.97. The van der Waals surface area contributed by atoms with Crippen molar-refractivity contribution in [3.05, 3.63) is 93.0 Å². The number of para-hydroxylation sites is 1. The average Bonchev–Trinajstić information content (AvgIpc) is 2.67. The van der Waals surface area contributed by atoms with Crippen molar-refractivity contribution in [3.8, 4) is 22.4 Å². The average molecular weight is 395 g/mol. The van der Waals surface area contributed by atoms with Crippen molar-refractivity contribution >= 4 is 39.8 Å². The zero-order valence-corrected chi connectivity index (χ0v) is 15.4. The van der Waals surface area contributed by atoms with Gasteiger partial charge < -0.3 is 0 Å². The number of hydrogen-bond donors (Lipinski definition) is 0. The molecule has 4 aromatic rings. The Balaban J connectivity index is 2.07. The van der Waals surface area contributed by atoms with E-state index in [0.29, 0.717) is 26.8 Å². The second kappa shape index (κ2) is 6.99. The molecule has 1 aromatic heterocycles. The van der Waals surface area contributed by atoms with Crippen LogP contribution in [0.2, 0.25) is 10.0 Å². The van der Waals surface area contributed by atoms with E-state index >= 15 is 0 Å². The lowest BCUT2D eigenvalue weighted by Crippen LogP contribution is -1.95. The van der Waals surface area contributed by atoms with Gasteiger partial charge in [0.1, 0.15) is 0 Å². The number of nitro groups is 1. The normalized spacial score (nSPS) is 10.9. The number of aromatic nitrogens is 1. The lowest BCUT2D eigenvalue weighted by Gasteiger charge is -2.12. The molecule has 0 unspecified atom stereocenters. The summed E-state index contributed by atoms with van der Waals surface area (Å²) in [6, 6.07) is 21.2. The summed E-state index contributed by atoms with van der Waals surface area (Å²) in [4.78, 5) is 15.7. The predicted molar refractivity (Wildman–Crippen MR) is 109 cm³/mol. The van der Waals surface area contributed by atoms with E-state index < -0.39 is 4.92 Å².